The van der Waals surface area contributed by atoms with Crippen LogP contribution in [0.5, 0.6) is 0 Å². The summed E-state index contributed by atoms with van der Waals surface area (Å²) in [4.78, 5) is 24.2. The van der Waals surface area contributed by atoms with Crippen LogP contribution in [0.25, 0.3) is 11.1 Å². The summed E-state index contributed by atoms with van der Waals surface area (Å²) in [6, 6.07) is 25.8. The fourth-order valence-corrected chi connectivity index (χ4v) is 3.03. The number of hydrogen-bond acceptors (Lipinski definition) is 2. The second kappa shape index (κ2) is 10.2. The lowest BCUT2D eigenvalue weighted by molar-refractivity contribution is -0.121. The first-order chi connectivity index (χ1) is 14.1. The Morgan fingerprint density at radius 3 is 2.03 bits per heavy atom. The predicted molar refractivity (Wildman–Crippen MR) is 117 cm³/mol. The first-order valence-electron chi connectivity index (χ1n) is 9.88. The first kappa shape index (κ1) is 20.3. The Kier molecular flexibility index (Phi) is 7.17. The number of rotatable bonds is 8. The monoisotopic (exact) mass is 386 g/mol. The van der Waals surface area contributed by atoms with E-state index in [1.165, 1.54) is 5.56 Å². The molecule has 0 aliphatic rings. The van der Waals surface area contributed by atoms with Crippen LogP contribution in [0.2, 0.25) is 0 Å². The third kappa shape index (κ3) is 6.32. The van der Waals surface area contributed by atoms with Crippen molar-refractivity contribution in [2.45, 2.75) is 19.8 Å². The maximum Gasteiger partial charge on any atom is 0.251 e. The molecule has 0 unspecified atom stereocenters. The predicted octanol–water partition coefficient (Wildman–Crippen LogP) is 4.14. The van der Waals surface area contributed by atoms with Crippen LogP contribution in [0.1, 0.15) is 27.9 Å². The molecule has 0 heterocycles. The highest BCUT2D eigenvalue weighted by atomic mass is 16.2. The van der Waals surface area contributed by atoms with Gasteiger partial charge in [0, 0.05) is 25.1 Å². The van der Waals surface area contributed by atoms with Gasteiger partial charge in [0.2, 0.25) is 5.91 Å². The van der Waals surface area contributed by atoms with Crippen LogP contribution in [0.4, 0.5) is 0 Å². The van der Waals surface area contributed by atoms with Gasteiger partial charge in [-0.15, -0.1) is 0 Å². The number of hydrogen-bond donors (Lipinski definition) is 2. The number of amides is 2. The average molecular weight is 386 g/mol. The molecule has 148 valence electrons. The van der Waals surface area contributed by atoms with Crippen molar-refractivity contribution in [2.24, 2.45) is 0 Å². The van der Waals surface area contributed by atoms with Crippen molar-refractivity contribution < 1.29 is 9.59 Å². The summed E-state index contributed by atoms with van der Waals surface area (Å²) >= 11 is 0. The number of carbonyl (C=O) groups excluding carboxylic acids is 2. The fourth-order valence-electron chi connectivity index (χ4n) is 3.03. The van der Waals surface area contributed by atoms with Gasteiger partial charge in [0.1, 0.15) is 0 Å². The minimum Gasteiger partial charge on any atom is -0.354 e. The van der Waals surface area contributed by atoms with Crippen molar-refractivity contribution in [3.8, 4) is 11.1 Å². The van der Waals surface area contributed by atoms with Crippen LogP contribution in [0.3, 0.4) is 0 Å². The van der Waals surface area contributed by atoms with E-state index in [2.05, 4.69) is 22.8 Å². The quantitative estimate of drug-likeness (QED) is 0.572. The van der Waals surface area contributed by atoms with E-state index in [0.717, 1.165) is 16.7 Å². The normalized spacial score (nSPS) is 10.4. The molecule has 0 fully saturated rings. The summed E-state index contributed by atoms with van der Waals surface area (Å²) in [5.74, 6) is -0.148. The van der Waals surface area contributed by atoms with Gasteiger partial charge < -0.3 is 10.6 Å². The number of benzene rings is 3. The molecule has 29 heavy (non-hydrogen) atoms. The molecule has 0 aliphatic heterocycles. The molecule has 0 radical (unpaired) electrons. The van der Waals surface area contributed by atoms with Crippen LogP contribution >= 0.6 is 0 Å². The molecule has 0 saturated heterocycles. The molecule has 4 nitrogen and oxygen atoms in total. The fraction of sp³-hybridized carbons (Fsp3) is 0.200. The zero-order chi connectivity index (χ0) is 20.5. The largest absolute Gasteiger partial charge is 0.354 e. The van der Waals surface area contributed by atoms with Crippen molar-refractivity contribution in [1.82, 2.24) is 10.6 Å². The van der Waals surface area contributed by atoms with E-state index in [0.29, 0.717) is 31.5 Å². The zero-order valence-corrected chi connectivity index (χ0v) is 16.7. The molecule has 0 atom stereocenters. The number of carbonyl (C=O) groups is 2. The van der Waals surface area contributed by atoms with E-state index in [-0.39, 0.29) is 11.8 Å². The molecule has 3 rings (SSSR count). The minimum absolute atomic E-state index is 0.00737. The third-order valence-corrected chi connectivity index (χ3v) is 4.75. The molecule has 2 N–H and O–H groups in total. The summed E-state index contributed by atoms with van der Waals surface area (Å²) in [6.07, 6.45) is 1.16. The Labute approximate surface area is 172 Å². The Bertz CT molecular complexity index is 933. The molecule has 3 aromatic carbocycles. The highest BCUT2D eigenvalue weighted by Crippen LogP contribution is 2.19. The van der Waals surface area contributed by atoms with Gasteiger partial charge in [-0.25, -0.2) is 0 Å². The minimum atomic E-state index is -0.140. The summed E-state index contributed by atoms with van der Waals surface area (Å²) in [5.41, 5.74) is 5.16. The summed E-state index contributed by atoms with van der Waals surface area (Å²) < 4.78 is 0. The summed E-state index contributed by atoms with van der Waals surface area (Å²) in [6.45, 7) is 2.86. The first-order valence-corrected chi connectivity index (χ1v) is 9.88. The van der Waals surface area contributed by atoms with E-state index >= 15 is 0 Å². The lowest BCUT2D eigenvalue weighted by atomic mass is 10.0. The highest BCUT2D eigenvalue weighted by Gasteiger charge is 2.06. The molecule has 3 aromatic rings. The molecule has 0 aromatic heterocycles. The molecule has 0 spiro atoms. The molecule has 4 heteroatoms. The van der Waals surface area contributed by atoms with Gasteiger partial charge in [-0.3, -0.25) is 9.59 Å². The van der Waals surface area contributed by atoms with E-state index in [9.17, 15) is 9.59 Å². The third-order valence-electron chi connectivity index (χ3n) is 4.75. The smallest absolute Gasteiger partial charge is 0.251 e. The van der Waals surface area contributed by atoms with E-state index in [1.807, 2.05) is 73.7 Å². The summed E-state index contributed by atoms with van der Waals surface area (Å²) in [5, 5.41) is 5.69. The van der Waals surface area contributed by atoms with Crippen molar-refractivity contribution in [3.05, 3.63) is 95.6 Å². The van der Waals surface area contributed by atoms with Gasteiger partial charge >= 0.3 is 0 Å². The van der Waals surface area contributed by atoms with Crippen LogP contribution in [-0.4, -0.2) is 24.9 Å². The van der Waals surface area contributed by atoms with Crippen LogP contribution < -0.4 is 10.6 Å². The number of aryl methyl sites for hydroxylation is 2. The number of nitrogens with one attached hydrogen (secondary N) is 2. The van der Waals surface area contributed by atoms with Crippen molar-refractivity contribution in [2.75, 3.05) is 13.1 Å². The second-order valence-corrected chi connectivity index (χ2v) is 7.03. The SMILES string of the molecule is Cc1ccc(CCC(=O)NCCNC(=O)c2ccc(-c3ccccc3)cc2)cc1. The lowest BCUT2D eigenvalue weighted by Gasteiger charge is -2.08. The molecule has 2 amide bonds. The van der Waals surface area contributed by atoms with Gasteiger partial charge in [-0.2, -0.15) is 0 Å². The van der Waals surface area contributed by atoms with Gasteiger partial charge in [-0.05, 0) is 42.2 Å². The zero-order valence-electron chi connectivity index (χ0n) is 16.7. The maximum absolute atomic E-state index is 12.3. The van der Waals surface area contributed by atoms with E-state index in [4.69, 9.17) is 0 Å². The lowest BCUT2D eigenvalue weighted by Crippen LogP contribution is -2.34. The van der Waals surface area contributed by atoms with Crippen molar-refractivity contribution >= 4 is 11.8 Å². The van der Waals surface area contributed by atoms with Crippen LogP contribution in [0, 0.1) is 6.92 Å². The maximum atomic E-state index is 12.3. The Morgan fingerprint density at radius 1 is 0.724 bits per heavy atom. The van der Waals surface area contributed by atoms with Crippen molar-refractivity contribution in [1.29, 1.82) is 0 Å². The molecular formula is C25H26N2O2. The standard InChI is InChI=1S/C25H26N2O2/c1-19-7-9-20(10-8-19)11-16-24(28)26-17-18-27-25(29)23-14-12-22(13-15-23)21-5-3-2-4-6-21/h2-10,12-15H,11,16-18H2,1H3,(H,26,28)(H,27,29). The molecule has 0 bridgehead atoms. The van der Waals surface area contributed by atoms with Crippen molar-refractivity contribution in [3.63, 3.8) is 0 Å². The van der Waals surface area contributed by atoms with Gasteiger partial charge in [0.05, 0.1) is 0 Å². The average Bonchev–Trinajstić information content (AvgIpc) is 2.77. The van der Waals surface area contributed by atoms with Gasteiger partial charge in [0.25, 0.3) is 5.91 Å². The summed E-state index contributed by atoms with van der Waals surface area (Å²) in [7, 11) is 0. The Morgan fingerprint density at radius 2 is 1.34 bits per heavy atom. The van der Waals surface area contributed by atoms with E-state index in [1.54, 1.807) is 0 Å². The Hall–Kier alpha value is -3.40. The Balaban J connectivity index is 1.37. The van der Waals surface area contributed by atoms with Crippen LogP contribution in [0.15, 0.2) is 78.9 Å². The van der Waals surface area contributed by atoms with Crippen LogP contribution in [-0.2, 0) is 11.2 Å². The highest BCUT2D eigenvalue weighted by molar-refractivity contribution is 5.94. The molecule has 0 aliphatic carbocycles. The van der Waals surface area contributed by atoms with Gasteiger partial charge in [0.15, 0.2) is 0 Å². The van der Waals surface area contributed by atoms with Gasteiger partial charge in [-0.1, -0.05) is 72.3 Å². The topological polar surface area (TPSA) is 58.2 Å². The van der Waals surface area contributed by atoms with E-state index < -0.39 is 0 Å². The second-order valence-electron chi connectivity index (χ2n) is 7.03. The molecule has 0 saturated carbocycles. The molecular weight excluding hydrogens is 360 g/mol.